The van der Waals surface area contributed by atoms with Crippen molar-refractivity contribution in [3.63, 3.8) is 0 Å². The van der Waals surface area contributed by atoms with Crippen LogP contribution in [0, 0.1) is 0 Å². The number of carbonyl (C=O) groups excluding carboxylic acids is 1. The molecule has 38 heavy (non-hydrogen) atoms. The zero-order valence-electron chi connectivity index (χ0n) is 22.0. The van der Waals surface area contributed by atoms with E-state index in [0.29, 0.717) is 47.7 Å². The van der Waals surface area contributed by atoms with Crippen LogP contribution < -0.4 is 24.3 Å². The van der Waals surface area contributed by atoms with Crippen molar-refractivity contribution < 1.29 is 28.5 Å². The van der Waals surface area contributed by atoms with Crippen molar-refractivity contribution in [2.45, 2.75) is 19.4 Å². The number of thiocarbonyl (C=S) groups is 1. The predicted molar refractivity (Wildman–Crippen MR) is 150 cm³/mol. The van der Waals surface area contributed by atoms with Gasteiger partial charge in [-0.05, 0) is 97.4 Å². The van der Waals surface area contributed by atoms with Crippen LogP contribution in [-0.4, -0.2) is 57.1 Å². The summed E-state index contributed by atoms with van der Waals surface area (Å²) in [5, 5.41) is 3.94. The summed E-state index contributed by atoms with van der Waals surface area (Å²) in [6, 6.07) is 18.4. The first-order valence-corrected chi connectivity index (χ1v) is 12.7. The minimum absolute atomic E-state index is 0.193. The summed E-state index contributed by atoms with van der Waals surface area (Å²) in [5.74, 6) is 2.38. The number of nitrogens with one attached hydrogen (secondary N) is 1. The molecule has 0 saturated carbocycles. The molecule has 0 spiro atoms. The Morgan fingerprint density at radius 2 is 1.58 bits per heavy atom. The van der Waals surface area contributed by atoms with Crippen LogP contribution in [0.4, 0.5) is 5.69 Å². The van der Waals surface area contributed by atoms with E-state index in [0.717, 1.165) is 29.0 Å². The Balaban J connectivity index is 1.59. The molecule has 0 radical (unpaired) electrons. The smallest absolute Gasteiger partial charge is 0.337 e. The summed E-state index contributed by atoms with van der Waals surface area (Å²) in [4.78, 5) is 13.9. The van der Waals surface area contributed by atoms with E-state index in [1.54, 1.807) is 38.5 Å². The summed E-state index contributed by atoms with van der Waals surface area (Å²) in [6.45, 7) is 3.58. The van der Waals surface area contributed by atoms with Gasteiger partial charge in [0.2, 0.25) is 0 Å². The number of hydrogen-bond acceptors (Lipinski definition) is 7. The van der Waals surface area contributed by atoms with E-state index in [-0.39, 0.29) is 6.04 Å². The highest BCUT2D eigenvalue weighted by atomic mass is 32.1. The number of hydrogen-bond donors (Lipinski definition) is 1. The molecule has 1 unspecified atom stereocenters. The van der Waals surface area contributed by atoms with Crippen molar-refractivity contribution in [1.29, 1.82) is 0 Å². The van der Waals surface area contributed by atoms with Crippen molar-refractivity contribution in [3.05, 3.63) is 77.4 Å². The highest BCUT2D eigenvalue weighted by Crippen LogP contribution is 2.38. The molecule has 0 saturated heterocycles. The van der Waals surface area contributed by atoms with E-state index >= 15 is 0 Å². The second kappa shape index (κ2) is 12.5. The monoisotopic (exact) mass is 536 g/mol. The fourth-order valence-corrected chi connectivity index (χ4v) is 4.76. The second-order valence-electron chi connectivity index (χ2n) is 8.58. The molecule has 0 aliphatic carbocycles. The van der Waals surface area contributed by atoms with Gasteiger partial charge >= 0.3 is 5.97 Å². The zero-order valence-corrected chi connectivity index (χ0v) is 22.8. The molecule has 200 valence electrons. The fourth-order valence-electron chi connectivity index (χ4n) is 4.43. The number of benzene rings is 3. The summed E-state index contributed by atoms with van der Waals surface area (Å²) < 4.78 is 27.7. The van der Waals surface area contributed by atoms with E-state index in [4.69, 9.17) is 35.9 Å². The van der Waals surface area contributed by atoms with Gasteiger partial charge in [0, 0.05) is 12.2 Å². The number of carbonyl (C=O) groups is 1. The average molecular weight is 537 g/mol. The van der Waals surface area contributed by atoms with Gasteiger partial charge in [-0.15, -0.1) is 0 Å². The maximum Gasteiger partial charge on any atom is 0.337 e. The fraction of sp³-hybridized carbons (Fsp3) is 0.310. The van der Waals surface area contributed by atoms with Gasteiger partial charge in [-0.1, -0.05) is 0 Å². The number of anilines is 1. The standard InChI is InChI=1S/C29H32N2O6S/c1-5-36-22-12-8-21(9-13-22)30-29(38)31-15-14-20-16-26(33-2)27(34-3)17-24(20)25(31)18-37-23-10-6-19(7-11-23)28(32)35-4/h6-13,16-17,25H,5,14-15,18H2,1-4H3,(H,30,38). The molecule has 3 aromatic carbocycles. The van der Waals surface area contributed by atoms with Crippen molar-refractivity contribution in [2.75, 3.05) is 46.4 Å². The Bertz CT molecular complexity index is 1260. The van der Waals surface area contributed by atoms with Crippen LogP contribution in [-0.2, 0) is 11.2 Å². The SMILES string of the molecule is CCOc1ccc(NC(=S)N2CCc3cc(OC)c(OC)cc3C2COc2ccc(C(=O)OC)cc2)cc1. The van der Waals surface area contributed by atoms with E-state index < -0.39 is 5.97 Å². The summed E-state index contributed by atoms with van der Waals surface area (Å²) >= 11 is 5.87. The lowest BCUT2D eigenvalue weighted by molar-refractivity contribution is 0.0600. The number of nitrogens with zero attached hydrogens (tertiary/aromatic N) is 1. The third-order valence-electron chi connectivity index (χ3n) is 6.36. The molecule has 0 amide bonds. The van der Waals surface area contributed by atoms with E-state index in [9.17, 15) is 4.79 Å². The largest absolute Gasteiger partial charge is 0.494 e. The van der Waals surface area contributed by atoms with Crippen molar-refractivity contribution >= 4 is 29.0 Å². The zero-order chi connectivity index (χ0) is 27.1. The van der Waals surface area contributed by atoms with E-state index in [1.807, 2.05) is 43.3 Å². The number of ether oxygens (including phenoxy) is 5. The Morgan fingerprint density at radius 3 is 2.21 bits per heavy atom. The molecule has 4 rings (SSSR count). The molecule has 1 atom stereocenters. The molecular formula is C29H32N2O6S. The maximum absolute atomic E-state index is 11.8. The van der Waals surface area contributed by atoms with Crippen LogP contribution in [0.25, 0.3) is 0 Å². The van der Waals surface area contributed by atoms with Crippen LogP contribution in [0.3, 0.4) is 0 Å². The molecule has 1 aliphatic heterocycles. The number of esters is 1. The van der Waals surface area contributed by atoms with Gasteiger partial charge in [0.1, 0.15) is 18.1 Å². The Hall–Kier alpha value is -3.98. The lowest BCUT2D eigenvalue weighted by Crippen LogP contribution is -2.44. The quantitative estimate of drug-likeness (QED) is 0.291. The van der Waals surface area contributed by atoms with Gasteiger partial charge in [-0.3, -0.25) is 0 Å². The highest BCUT2D eigenvalue weighted by Gasteiger charge is 2.31. The van der Waals surface area contributed by atoms with Crippen molar-refractivity contribution in [1.82, 2.24) is 4.90 Å². The number of fused-ring (bicyclic) bond motifs is 1. The normalized spacial score (nSPS) is 14.2. The van der Waals surface area contributed by atoms with Crippen LogP contribution in [0.2, 0.25) is 0 Å². The Kier molecular flexibility index (Phi) is 8.91. The lowest BCUT2D eigenvalue weighted by atomic mass is 9.92. The summed E-state index contributed by atoms with van der Waals surface area (Å²) in [5.41, 5.74) is 3.53. The van der Waals surface area contributed by atoms with Gasteiger partial charge < -0.3 is 33.9 Å². The lowest BCUT2D eigenvalue weighted by Gasteiger charge is -2.39. The van der Waals surface area contributed by atoms with Gasteiger partial charge in [0.05, 0.1) is 39.5 Å². The summed E-state index contributed by atoms with van der Waals surface area (Å²) in [7, 11) is 4.61. The molecule has 3 aromatic rings. The number of rotatable bonds is 9. The molecule has 1 heterocycles. The van der Waals surface area contributed by atoms with Gasteiger partial charge in [0.15, 0.2) is 16.6 Å². The minimum Gasteiger partial charge on any atom is -0.494 e. The maximum atomic E-state index is 11.8. The molecule has 0 fully saturated rings. The van der Waals surface area contributed by atoms with Crippen molar-refractivity contribution in [2.24, 2.45) is 0 Å². The van der Waals surface area contributed by atoms with Crippen LogP contribution >= 0.6 is 12.2 Å². The number of methoxy groups -OCH3 is 3. The topological polar surface area (TPSA) is 78.5 Å². The second-order valence-corrected chi connectivity index (χ2v) is 8.97. The molecule has 0 bridgehead atoms. The minimum atomic E-state index is -0.393. The molecule has 1 N–H and O–H groups in total. The van der Waals surface area contributed by atoms with Crippen LogP contribution in [0.5, 0.6) is 23.0 Å². The first-order chi connectivity index (χ1) is 18.5. The third-order valence-corrected chi connectivity index (χ3v) is 6.70. The van der Waals surface area contributed by atoms with E-state index in [2.05, 4.69) is 10.2 Å². The van der Waals surface area contributed by atoms with Gasteiger partial charge in [-0.25, -0.2) is 4.79 Å². The molecule has 1 aliphatic rings. The van der Waals surface area contributed by atoms with Crippen molar-refractivity contribution in [3.8, 4) is 23.0 Å². The van der Waals surface area contributed by atoms with E-state index in [1.165, 1.54) is 7.11 Å². The predicted octanol–water partition coefficient (Wildman–Crippen LogP) is 5.26. The first kappa shape index (κ1) is 27.1. The summed E-state index contributed by atoms with van der Waals surface area (Å²) in [6.07, 6.45) is 0.783. The van der Waals surface area contributed by atoms with Crippen LogP contribution in [0.15, 0.2) is 60.7 Å². The highest BCUT2D eigenvalue weighted by molar-refractivity contribution is 7.80. The molecule has 9 heteroatoms. The third kappa shape index (κ3) is 6.11. The average Bonchev–Trinajstić information content (AvgIpc) is 2.95. The molecular weight excluding hydrogens is 504 g/mol. The molecule has 0 aromatic heterocycles. The van der Waals surface area contributed by atoms with Gasteiger partial charge in [0.25, 0.3) is 0 Å². The first-order valence-electron chi connectivity index (χ1n) is 12.3. The van der Waals surface area contributed by atoms with Gasteiger partial charge in [-0.2, -0.15) is 0 Å². The Labute approximate surface area is 228 Å². The Morgan fingerprint density at radius 1 is 0.947 bits per heavy atom. The molecule has 8 nitrogen and oxygen atoms in total. The van der Waals surface area contributed by atoms with Crippen LogP contribution in [0.1, 0.15) is 34.5 Å².